The number of ether oxygens (including phenoxy) is 1. The fourth-order valence-electron chi connectivity index (χ4n) is 1.40. The summed E-state index contributed by atoms with van der Waals surface area (Å²) in [5.74, 6) is 0.534. The highest BCUT2D eigenvalue weighted by atomic mass is 35.5. The van der Waals surface area contributed by atoms with Gasteiger partial charge in [-0.3, -0.25) is 15.1 Å². The Bertz CT molecular complexity index is 604. The van der Waals surface area contributed by atoms with Crippen molar-refractivity contribution in [3.05, 3.63) is 51.4 Å². The lowest BCUT2D eigenvalue weighted by atomic mass is 10.2. The van der Waals surface area contributed by atoms with Gasteiger partial charge < -0.3 is 4.74 Å². The highest BCUT2D eigenvalue weighted by molar-refractivity contribution is 6.29. The lowest BCUT2D eigenvalue weighted by Gasteiger charge is -2.07. The van der Waals surface area contributed by atoms with E-state index in [1.807, 2.05) is 0 Å². The van der Waals surface area contributed by atoms with Crippen LogP contribution in [0.5, 0.6) is 11.6 Å². The molecule has 0 aliphatic carbocycles. The molecule has 0 fully saturated rings. The monoisotopic (exact) mass is 265 g/mol. The third-order valence-electron chi connectivity index (χ3n) is 2.25. The Balaban J connectivity index is 2.35. The lowest BCUT2D eigenvalue weighted by molar-refractivity contribution is -0.385. The minimum Gasteiger partial charge on any atom is -0.437 e. The molecule has 0 bridgehead atoms. The fourth-order valence-corrected chi connectivity index (χ4v) is 1.54. The molecule has 0 aliphatic rings. The first kappa shape index (κ1) is 12.3. The van der Waals surface area contributed by atoms with E-state index in [2.05, 4.69) is 9.97 Å². The Kier molecular flexibility index (Phi) is 3.38. The summed E-state index contributed by atoms with van der Waals surface area (Å²) in [7, 11) is 0. The zero-order valence-electron chi connectivity index (χ0n) is 9.33. The van der Waals surface area contributed by atoms with Gasteiger partial charge in [-0.1, -0.05) is 17.7 Å². The van der Waals surface area contributed by atoms with Crippen molar-refractivity contribution in [1.82, 2.24) is 9.97 Å². The van der Waals surface area contributed by atoms with Gasteiger partial charge in [0.25, 0.3) is 5.69 Å². The van der Waals surface area contributed by atoms with Crippen LogP contribution in [-0.4, -0.2) is 14.9 Å². The molecule has 0 spiro atoms. The molecule has 1 heterocycles. The molecule has 0 saturated heterocycles. The molecule has 6 nitrogen and oxygen atoms in total. The first-order valence-electron chi connectivity index (χ1n) is 4.97. The van der Waals surface area contributed by atoms with Crippen LogP contribution in [0.2, 0.25) is 5.15 Å². The van der Waals surface area contributed by atoms with E-state index in [9.17, 15) is 10.1 Å². The molecule has 1 aromatic heterocycles. The van der Waals surface area contributed by atoms with Gasteiger partial charge in [-0.25, -0.2) is 0 Å². The zero-order valence-corrected chi connectivity index (χ0v) is 10.1. The number of hydrogen-bond donors (Lipinski definition) is 0. The van der Waals surface area contributed by atoms with Crippen molar-refractivity contribution in [3.8, 4) is 11.6 Å². The van der Waals surface area contributed by atoms with Crippen molar-refractivity contribution in [2.24, 2.45) is 0 Å². The number of nitrogens with zero attached hydrogens (tertiary/aromatic N) is 3. The van der Waals surface area contributed by atoms with Crippen molar-refractivity contribution in [3.63, 3.8) is 0 Å². The Morgan fingerprint density at radius 2 is 2.17 bits per heavy atom. The SMILES string of the molecule is Cc1c(Oc2cncc(Cl)n2)cccc1[N+](=O)[O-]. The molecule has 0 radical (unpaired) electrons. The second kappa shape index (κ2) is 4.97. The highest BCUT2D eigenvalue weighted by Crippen LogP contribution is 2.30. The highest BCUT2D eigenvalue weighted by Gasteiger charge is 2.15. The van der Waals surface area contributed by atoms with Crippen LogP contribution in [0.4, 0.5) is 5.69 Å². The van der Waals surface area contributed by atoms with Gasteiger partial charge in [0.05, 0.1) is 22.9 Å². The number of rotatable bonds is 3. The maximum absolute atomic E-state index is 10.8. The molecule has 92 valence electrons. The predicted molar refractivity (Wildman–Crippen MR) is 64.9 cm³/mol. The fraction of sp³-hybridized carbons (Fsp3) is 0.0909. The quantitative estimate of drug-likeness (QED) is 0.629. The molecule has 0 amide bonds. The van der Waals surface area contributed by atoms with Gasteiger partial charge in [-0.15, -0.1) is 0 Å². The van der Waals surface area contributed by atoms with Crippen LogP contribution >= 0.6 is 11.6 Å². The van der Waals surface area contributed by atoms with Crippen LogP contribution in [0, 0.1) is 17.0 Å². The Morgan fingerprint density at radius 1 is 1.39 bits per heavy atom. The third-order valence-corrected chi connectivity index (χ3v) is 2.43. The van der Waals surface area contributed by atoms with Crippen molar-refractivity contribution in [2.45, 2.75) is 6.92 Å². The standard InChI is InChI=1S/C11H8ClN3O3/c1-7-8(15(16)17)3-2-4-9(7)18-11-6-13-5-10(12)14-11/h2-6H,1H3. The smallest absolute Gasteiger partial charge is 0.276 e. The van der Waals surface area contributed by atoms with Gasteiger partial charge >= 0.3 is 0 Å². The Hall–Kier alpha value is -2.21. The topological polar surface area (TPSA) is 78.2 Å². The molecule has 0 atom stereocenters. The molecule has 18 heavy (non-hydrogen) atoms. The van der Waals surface area contributed by atoms with Gasteiger partial charge in [0.1, 0.15) is 5.75 Å². The van der Waals surface area contributed by atoms with Gasteiger partial charge in [0, 0.05) is 6.07 Å². The van der Waals surface area contributed by atoms with Gasteiger partial charge in [-0.2, -0.15) is 4.98 Å². The largest absolute Gasteiger partial charge is 0.437 e. The van der Waals surface area contributed by atoms with E-state index in [4.69, 9.17) is 16.3 Å². The average Bonchev–Trinajstić information content (AvgIpc) is 2.31. The summed E-state index contributed by atoms with van der Waals surface area (Å²) in [6.45, 7) is 1.60. The van der Waals surface area contributed by atoms with E-state index in [1.54, 1.807) is 19.1 Å². The van der Waals surface area contributed by atoms with Crippen LogP contribution < -0.4 is 4.74 Å². The summed E-state index contributed by atoms with van der Waals surface area (Å²) >= 11 is 5.67. The van der Waals surface area contributed by atoms with Gasteiger partial charge in [0.2, 0.25) is 5.88 Å². The van der Waals surface area contributed by atoms with Crippen molar-refractivity contribution in [2.75, 3.05) is 0 Å². The summed E-state index contributed by atoms with van der Waals surface area (Å²) in [6, 6.07) is 4.56. The van der Waals surface area contributed by atoms with E-state index in [0.717, 1.165) is 0 Å². The molecule has 0 saturated carbocycles. The Labute approximate surface area is 107 Å². The normalized spacial score (nSPS) is 10.1. The molecular formula is C11H8ClN3O3. The van der Waals surface area contributed by atoms with Crippen LogP contribution in [0.15, 0.2) is 30.6 Å². The molecule has 2 aromatic rings. The number of nitro groups is 1. The third kappa shape index (κ3) is 2.54. The van der Waals surface area contributed by atoms with Crippen LogP contribution in [-0.2, 0) is 0 Å². The molecule has 0 unspecified atom stereocenters. The van der Waals surface area contributed by atoms with E-state index < -0.39 is 4.92 Å². The van der Waals surface area contributed by atoms with Crippen molar-refractivity contribution >= 4 is 17.3 Å². The maximum Gasteiger partial charge on any atom is 0.276 e. The summed E-state index contributed by atoms with van der Waals surface area (Å²) in [6.07, 6.45) is 2.75. The zero-order chi connectivity index (χ0) is 13.1. The van der Waals surface area contributed by atoms with E-state index in [0.29, 0.717) is 11.3 Å². The number of benzene rings is 1. The van der Waals surface area contributed by atoms with Crippen LogP contribution in [0.25, 0.3) is 0 Å². The van der Waals surface area contributed by atoms with Crippen molar-refractivity contribution < 1.29 is 9.66 Å². The molecule has 2 rings (SSSR count). The summed E-state index contributed by atoms with van der Waals surface area (Å²) in [4.78, 5) is 18.0. The Morgan fingerprint density at radius 3 is 2.83 bits per heavy atom. The number of nitro benzene ring substituents is 1. The number of aromatic nitrogens is 2. The van der Waals surface area contributed by atoms with Gasteiger partial charge in [0.15, 0.2) is 5.15 Å². The summed E-state index contributed by atoms with van der Waals surface area (Å²) < 4.78 is 5.42. The molecule has 0 N–H and O–H groups in total. The molecule has 0 aliphatic heterocycles. The summed E-state index contributed by atoms with van der Waals surface area (Å²) in [5, 5.41) is 11.0. The van der Waals surface area contributed by atoms with E-state index >= 15 is 0 Å². The van der Waals surface area contributed by atoms with Crippen LogP contribution in [0.1, 0.15) is 5.56 Å². The lowest BCUT2D eigenvalue weighted by Crippen LogP contribution is -1.96. The maximum atomic E-state index is 10.8. The minimum absolute atomic E-state index is 0.0116. The molecule has 7 heteroatoms. The number of halogens is 1. The van der Waals surface area contributed by atoms with Crippen molar-refractivity contribution in [1.29, 1.82) is 0 Å². The average molecular weight is 266 g/mol. The minimum atomic E-state index is -0.466. The second-order valence-corrected chi connectivity index (χ2v) is 3.83. The second-order valence-electron chi connectivity index (χ2n) is 3.44. The van der Waals surface area contributed by atoms with E-state index in [1.165, 1.54) is 18.5 Å². The first-order valence-corrected chi connectivity index (χ1v) is 5.35. The van der Waals surface area contributed by atoms with Crippen LogP contribution in [0.3, 0.4) is 0 Å². The molecular weight excluding hydrogens is 258 g/mol. The number of hydrogen-bond acceptors (Lipinski definition) is 5. The first-order chi connectivity index (χ1) is 8.58. The summed E-state index contributed by atoms with van der Waals surface area (Å²) in [5.41, 5.74) is 0.409. The van der Waals surface area contributed by atoms with E-state index in [-0.39, 0.29) is 16.7 Å². The van der Waals surface area contributed by atoms with Gasteiger partial charge in [-0.05, 0) is 13.0 Å². The molecule has 1 aromatic carbocycles. The predicted octanol–water partition coefficient (Wildman–Crippen LogP) is 3.14.